The van der Waals surface area contributed by atoms with E-state index < -0.39 is 18.0 Å². The third-order valence-electron chi connectivity index (χ3n) is 12.2. The van der Waals surface area contributed by atoms with Crippen LogP contribution in [0.3, 0.4) is 0 Å². The van der Waals surface area contributed by atoms with E-state index in [0.29, 0.717) is 82.4 Å². The Labute approximate surface area is 339 Å². The van der Waals surface area contributed by atoms with Crippen LogP contribution in [-0.4, -0.2) is 169 Å². The molecule has 4 aliphatic heterocycles. The monoisotopic (exact) mass is 802 g/mol. The van der Waals surface area contributed by atoms with Gasteiger partial charge in [0.05, 0.1) is 12.1 Å². The number of oxazole rings is 1. The lowest BCUT2D eigenvalue weighted by molar-refractivity contribution is -0.145. The molecule has 3 aromatic rings. The van der Waals surface area contributed by atoms with E-state index in [1.165, 1.54) is 4.57 Å². The number of aromatic nitrogens is 1. The van der Waals surface area contributed by atoms with Crippen LogP contribution >= 0.6 is 0 Å². The number of para-hydroxylation sites is 1. The van der Waals surface area contributed by atoms with Gasteiger partial charge in [0, 0.05) is 96.7 Å². The fraction of sp³-hybridized carbons (Fsp3) is 0.595. The molecule has 1 N–H and O–H groups in total. The SMILES string of the molecule is Cc1cc(C[C@@H](OC(=O)N2CCC(N3CCc4ccccc4NC3=O)CC2)C(=O)N2CCC(N3CCN(CC(=O)OCCN(C)C)CC3)CC2)cc2oc(=O)n(C)c12. The minimum Gasteiger partial charge on any atom is -0.463 e. The van der Waals surface area contributed by atoms with Gasteiger partial charge in [0.2, 0.25) is 0 Å². The molecule has 16 nitrogen and oxygen atoms in total. The summed E-state index contributed by atoms with van der Waals surface area (Å²) in [5.74, 6) is -0.909. The van der Waals surface area contributed by atoms with Crippen molar-refractivity contribution in [1.29, 1.82) is 0 Å². The van der Waals surface area contributed by atoms with E-state index in [0.717, 1.165) is 67.8 Å². The molecule has 0 unspecified atom stereocenters. The van der Waals surface area contributed by atoms with Crippen LogP contribution in [0.5, 0.6) is 0 Å². The highest BCUT2D eigenvalue weighted by Crippen LogP contribution is 2.27. The first-order valence-electron chi connectivity index (χ1n) is 20.7. The third kappa shape index (κ3) is 9.67. The molecule has 0 bridgehead atoms. The van der Waals surface area contributed by atoms with Crippen molar-refractivity contribution in [2.24, 2.45) is 7.05 Å². The molecule has 0 radical (unpaired) electrons. The number of esters is 1. The second-order valence-electron chi connectivity index (χ2n) is 16.4. The number of likely N-dealkylation sites (N-methyl/N-ethyl adjacent to an activating group) is 1. The number of piperidine rings is 2. The molecule has 16 heteroatoms. The fourth-order valence-electron chi connectivity index (χ4n) is 8.90. The maximum atomic E-state index is 14.3. The van der Waals surface area contributed by atoms with E-state index in [9.17, 15) is 24.0 Å². The summed E-state index contributed by atoms with van der Waals surface area (Å²) in [6.45, 7) is 8.98. The first-order valence-corrected chi connectivity index (χ1v) is 20.7. The van der Waals surface area contributed by atoms with E-state index in [2.05, 4.69) is 15.1 Å². The van der Waals surface area contributed by atoms with Gasteiger partial charge in [-0.25, -0.2) is 14.4 Å². The number of urea groups is 1. The summed E-state index contributed by atoms with van der Waals surface area (Å²) in [7, 11) is 5.55. The normalized spacial score (nSPS) is 19.5. The molecule has 5 heterocycles. The first kappa shape index (κ1) is 41.2. The molecule has 4 aliphatic rings. The maximum Gasteiger partial charge on any atom is 0.419 e. The number of rotatable bonds is 11. The van der Waals surface area contributed by atoms with Crippen LogP contribution in [0.1, 0.15) is 42.4 Å². The molecule has 314 valence electrons. The summed E-state index contributed by atoms with van der Waals surface area (Å²) in [6, 6.07) is 11.7. The Morgan fingerprint density at radius 2 is 1.59 bits per heavy atom. The van der Waals surface area contributed by atoms with Gasteiger partial charge in [-0.1, -0.05) is 24.3 Å². The van der Waals surface area contributed by atoms with Crippen LogP contribution in [-0.2, 0) is 39.0 Å². The van der Waals surface area contributed by atoms with E-state index in [1.54, 1.807) is 18.0 Å². The zero-order valence-electron chi connectivity index (χ0n) is 34.3. The van der Waals surface area contributed by atoms with Gasteiger partial charge < -0.3 is 38.8 Å². The van der Waals surface area contributed by atoms with Gasteiger partial charge in [-0.3, -0.25) is 24.0 Å². The van der Waals surface area contributed by atoms with Crippen molar-refractivity contribution in [2.45, 2.75) is 63.6 Å². The lowest BCUT2D eigenvalue weighted by Gasteiger charge is -2.43. The minimum absolute atomic E-state index is 0.0233. The number of nitrogens with one attached hydrogen (secondary N) is 1. The van der Waals surface area contributed by atoms with Crippen molar-refractivity contribution in [1.82, 2.24) is 34.0 Å². The lowest BCUT2D eigenvalue weighted by Crippen LogP contribution is -2.55. The van der Waals surface area contributed by atoms with Crippen LogP contribution in [0.15, 0.2) is 45.6 Å². The molecule has 3 saturated heterocycles. The average Bonchev–Trinajstić information content (AvgIpc) is 3.39. The number of aryl methyl sites for hydroxylation is 2. The van der Waals surface area contributed by atoms with E-state index in [1.807, 2.05) is 66.1 Å². The molecule has 7 rings (SSSR count). The number of likely N-dealkylation sites (tertiary alicyclic amines) is 2. The summed E-state index contributed by atoms with van der Waals surface area (Å²) in [6.07, 6.45) is 2.04. The Morgan fingerprint density at radius 3 is 2.31 bits per heavy atom. The summed E-state index contributed by atoms with van der Waals surface area (Å²) in [5, 5.41) is 3.05. The molecule has 1 atom stereocenters. The maximum absolute atomic E-state index is 14.3. The van der Waals surface area contributed by atoms with Gasteiger partial charge in [-0.05, 0) is 81.9 Å². The molecule has 1 aromatic heterocycles. The first-order chi connectivity index (χ1) is 27.9. The highest BCUT2D eigenvalue weighted by atomic mass is 16.6. The largest absolute Gasteiger partial charge is 0.463 e. The summed E-state index contributed by atoms with van der Waals surface area (Å²) < 4.78 is 18.5. The Balaban J connectivity index is 0.958. The summed E-state index contributed by atoms with van der Waals surface area (Å²) in [4.78, 5) is 77.9. The quantitative estimate of drug-likeness (QED) is 0.285. The van der Waals surface area contributed by atoms with Crippen LogP contribution < -0.4 is 11.1 Å². The number of benzene rings is 2. The standard InChI is InChI=1S/C42H58N8O8/c1-29-25-30(26-35-38(29)45(4)41(54)57-35)27-36(58-42(55)49-16-12-33(13-17-49)50-18-9-31-7-5-6-8-34(31)43-40(50)53)39(52)48-14-10-32(11-15-48)47-21-19-46(20-22-47)28-37(51)56-24-23-44(2)3/h5-8,25-26,32-33,36H,9-24,27-28H2,1-4H3,(H,43,53)/t36-/m1/s1. The zero-order valence-corrected chi connectivity index (χ0v) is 34.3. The van der Waals surface area contributed by atoms with Crippen LogP contribution in [0.2, 0.25) is 0 Å². The van der Waals surface area contributed by atoms with Gasteiger partial charge in [0.1, 0.15) is 6.61 Å². The van der Waals surface area contributed by atoms with E-state index in [-0.39, 0.29) is 30.4 Å². The van der Waals surface area contributed by atoms with Gasteiger partial charge in [0.15, 0.2) is 11.7 Å². The number of hydrogen-bond acceptors (Lipinski definition) is 11. The molecule has 2 aromatic carbocycles. The number of nitrogens with zero attached hydrogens (tertiary/aromatic N) is 7. The Hall–Kier alpha value is -4.93. The average molecular weight is 803 g/mol. The Kier molecular flexibility index (Phi) is 13.0. The molecule has 0 aliphatic carbocycles. The number of fused-ring (bicyclic) bond motifs is 2. The van der Waals surface area contributed by atoms with Crippen molar-refractivity contribution in [3.8, 4) is 0 Å². The van der Waals surface area contributed by atoms with Crippen molar-refractivity contribution < 1.29 is 33.1 Å². The van der Waals surface area contributed by atoms with Gasteiger partial charge in [0.25, 0.3) is 5.91 Å². The fourth-order valence-corrected chi connectivity index (χ4v) is 8.90. The molecule has 58 heavy (non-hydrogen) atoms. The Morgan fingerprint density at radius 1 is 0.897 bits per heavy atom. The van der Waals surface area contributed by atoms with E-state index in [4.69, 9.17) is 13.9 Å². The second-order valence-corrected chi connectivity index (χ2v) is 16.4. The predicted molar refractivity (Wildman–Crippen MR) is 218 cm³/mol. The van der Waals surface area contributed by atoms with Crippen LogP contribution in [0.4, 0.5) is 15.3 Å². The van der Waals surface area contributed by atoms with Crippen molar-refractivity contribution in [2.75, 3.05) is 98.0 Å². The predicted octanol–water partition coefficient (Wildman–Crippen LogP) is 2.76. The molecule has 0 spiro atoms. The summed E-state index contributed by atoms with van der Waals surface area (Å²) in [5.41, 5.74) is 4.60. The highest BCUT2D eigenvalue weighted by Gasteiger charge is 2.37. The smallest absolute Gasteiger partial charge is 0.419 e. The number of piperazine rings is 1. The molecule has 3 fully saturated rings. The second kappa shape index (κ2) is 18.3. The number of hydrogen-bond donors (Lipinski definition) is 1. The molecular formula is C42H58N8O8. The van der Waals surface area contributed by atoms with Crippen LogP contribution in [0.25, 0.3) is 11.1 Å². The molecular weight excluding hydrogens is 745 g/mol. The number of amides is 4. The van der Waals surface area contributed by atoms with Crippen molar-refractivity contribution in [3.05, 3.63) is 63.6 Å². The zero-order chi connectivity index (χ0) is 40.9. The number of carbonyl (C=O) groups excluding carboxylic acids is 4. The minimum atomic E-state index is -1.08. The van der Waals surface area contributed by atoms with Gasteiger partial charge >= 0.3 is 23.8 Å². The van der Waals surface area contributed by atoms with Crippen molar-refractivity contribution in [3.63, 3.8) is 0 Å². The number of ether oxygens (including phenoxy) is 2. The van der Waals surface area contributed by atoms with E-state index >= 15 is 0 Å². The Bertz CT molecular complexity index is 2010. The highest BCUT2D eigenvalue weighted by molar-refractivity contribution is 5.91. The van der Waals surface area contributed by atoms with Gasteiger partial charge in [-0.2, -0.15) is 0 Å². The topological polar surface area (TPSA) is 153 Å². The third-order valence-corrected chi connectivity index (χ3v) is 12.2. The molecule has 4 amide bonds. The van der Waals surface area contributed by atoms with Crippen molar-refractivity contribution >= 4 is 40.8 Å². The molecule has 0 saturated carbocycles. The lowest BCUT2D eigenvalue weighted by atomic mass is 9.99. The number of anilines is 1. The summed E-state index contributed by atoms with van der Waals surface area (Å²) >= 11 is 0. The van der Waals surface area contributed by atoms with Gasteiger partial charge in [-0.15, -0.1) is 0 Å². The van der Waals surface area contributed by atoms with Crippen LogP contribution in [0, 0.1) is 6.92 Å². The number of carbonyl (C=O) groups is 4.